The van der Waals surface area contributed by atoms with Gasteiger partial charge in [0.1, 0.15) is 19.3 Å². The Morgan fingerprint density at radius 3 is 0.850 bits per heavy atom. The Balaban J connectivity index is 5.15. The Kier molecular flexibility index (Phi) is 53.6. The summed E-state index contributed by atoms with van der Waals surface area (Å²) in [6.45, 7) is 7.02. The van der Waals surface area contributed by atoms with Gasteiger partial charge in [-0.25, -0.2) is 9.13 Å². The lowest BCUT2D eigenvalue weighted by Gasteiger charge is -2.21. The minimum Gasteiger partial charge on any atom is -0.462 e. The molecule has 17 nitrogen and oxygen atoms in total. The standard InChI is InChI=1S/C61H118O17P2/c1-6-9-12-15-17-19-20-21-22-23-24-25-27-31-37-42-47-61(66)78-57(51-72-59(64)45-40-35-32-28-29-34-38-43-54(4)5)53-76-80(69,70)74-49-55(62)48-73-79(67,68)75-52-56(50-71-58(63)44-39-33-14-11-8-3)77-60(65)46-41-36-30-26-18-16-13-10-7-2/h54-57,62H,6-53H2,1-5H3,(H,67,68)(H,69,70)/t55-,56+,57+/m0/s1. The molecule has 0 fully saturated rings. The van der Waals surface area contributed by atoms with Crippen LogP contribution in [0.2, 0.25) is 0 Å². The molecule has 0 aliphatic rings. The Labute approximate surface area is 486 Å². The predicted octanol–water partition coefficient (Wildman–Crippen LogP) is 16.6. The van der Waals surface area contributed by atoms with Gasteiger partial charge in [0, 0.05) is 25.7 Å². The minimum atomic E-state index is -4.94. The van der Waals surface area contributed by atoms with Gasteiger partial charge in [-0.3, -0.25) is 37.3 Å². The number of carbonyl (C=O) groups excluding carboxylic acids is 4. The highest BCUT2D eigenvalue weighted by Crippen LogP contribution is 2.45. The van der Waals surface area contributed by atoms with Crippen molar-refractivity contribution in [2.75, 3.05) is 39.6 Å². The number of hydrogen-bond donors (Lipinski definition) is 3. The summed E-state index contributed by atoms with van der Waals surface area (Å²) in [6.07, 6.45) is 38.0. The number of rotatable bonds is 61. The maximum atomic E-state index is 12.9. The van der Waals surface area contributed by atoms with Crippen molar-refractivity contribution in [1.82, 2.24) is 0 Å². The first-order chi connectivity index (χ1) is 38.5. The van der Waals surface area contributed by atoms with E-state index in [9.17, 15) is 43.2 Å². The van der Waals surface area contributed by atoms with Crippen LogP contribution in [0.25, 0.3) is 0 Å². The molecule has 0 aromatic carbocycles. The monoisotopic (exact) mass is 1180 g/mol. The maximum Gasteiger partial charge on any atom is 0.472 e. The molecular weight excluding hydrogens is 1070 g/mol. The molecule has 0 amide bonds. The lowest BCUT2D eigenvalue weighted by molar-refractivity contribution is -0.161. The first-order valence-corrected chi connectivity index (χ1v) is 35.1. The molecule has 0 radical (unpaired) electrons. The molecule has 474 valence electrons. The number of hydrogen-bond acceptors (Lipinski definition) is 15. The molecule has 3 N–H and O–H groups in total. The zero-order valence-corrected chi connectivity index (χ0v) is 53.0. The summed E-state index contributed by atoms with van der Waals surface area (Å²) in [5, 5.41) is 10.5. The van der Waals surface area contributed by atoms with E-state index in [1.54, 1.807) is 0 Å². The van der Waals surface area contributed by atoms with Crippen molar-refractivity contribution in [3.05, 3.63) is 0 Å². The summed E-state index contributed by atoms with van der Waals surface area (Å²) >= 11 is 0. The van der Waals surface area contributed by atoms with E-state index < -0.39 is 97.5 Å². The van der Waals surface area contributed by atoms with Crippen LogP contribution in [0.4, 0.5) is 0 Å². The summed E-state index contributed by atoms with van der Waals surface area (Å²) in [7, 11) is -9.87. The summed E-state index contributed by atoms with van der Waals surface area (Å²) in [5.74, 6) is -1.44. The lowest BCUT2D eigenvalue weighted by Crippen LogP contribution is -2.30. The normalized spacial score (nSPS) is 14.3. The third kappa shape index (κ3) is 55.3. The van der Waals surface area contributed by atoms with Gasteiger partial charge in [-0.05, 0) is 31.6 Å². The smallest absolute Gasteiger partial charge is 0.462 e. The largest absolute Gasteiger partial charge is 0.472 e. The predicted molar refractivity (Wildman–Crippen MR) is 317 cm³/mol. The van der Waals surface area contributed by atoms with Crippen molar-refractivity contribution < 1.29 is 80.2 Å². The molecule has 19 heteroatoms. The zero-order valence-electron chi connectivity index (χ0n) is 51.2. The molecule has 80 heavy (non-hydrogen) atoms. The van der Waals surface area contributed by atoms with Crippen LogP contribution in [-0.2, 0) is 65.4 Å². The molecule has 0 heterocycles. The van der Waals surface area contributed by atoms with E-state index >= 15 is 0 Å². The van der Waals surface area contributed by atoms with Crippen LogP contribution < -0.4 is 0 Å². The fourth-order valence-corrected chi connectivity index (χ4v) is 10.6. The van der Waals surface area contributed by atoms with Gasteiger partial charge in [-0.15, -0.1) is 0 Å². The van der Waals surface area contributed by atoms with Crippen molar-refractivity contribution >= 4 is 39.5 Å². The van der Waals surface area contributed by atoms with Gasteiger partial charge in [-0.2, -0.15) is 0 Å². The maximum absolute atomic E-state index is 12.9. The van der Waals surface area contributed by atoms with Gasteiger partial charge >= 0.3 is 39.5 Å². The number of unbranched alkanes of at least 4 members (excludes halogenated alkanes) is 33. The second-order valence-electron chi connectivity index (χ2n) is 22.6. The van der Waals surface area contributed by atoms with Crippen LogP contribution in [0.15, 0.2) is 0 Å². The zero-order chi connectivity index (χ0) is 59.2. The van der Waals surface area contributed by atoms with Crippen molar-refractivity contribution in [2.24, 2.45) is 5.92 Å². The second-order valence-corrected chi connectivity index (χ2v) is 25.5. The van der Waals surface area contributed by atoms with Gasteiger partial charge in [0.2, 0.25) is 0 Å². The Bertz CT molecular complexity index is 1570. The van der Waals surface area contributed by atoms with Gasteiger partial charge in [0.25, 0.3) is 0 Å². The third-order valence-corrected chi connectivity index (χ3v) is 15.9. The Morgan fingerprint density at radius 1 is 0.338 bits per heavy atom. The van der Waals surface area contributed by atoms with Gasteiger partial charge in [-0.1, -0.05) is 253 Å². The van der Waals surface area contributed by atoms with E-state index in [1.165, 1.54) is 116 Å². The molecule has 0 spiro atoms. The van der Waals surface area contributed by atoms with Crippen LogP contribution in [0, 0.1) is 5.92 Å². The van der Waals surface area contributed by atoms with E-state index in [1.807, 2.05) is 0 Å². The molecule has 0 aliphatic heterocycles. The van der Waals surface area contributed by atoms with Crippen molar-refractivity contribution in [2.45, 2.75) is 323 Å². The van der Waals surface area contributed by atoms with Crippen molar-refractivity contribution in [1.29, 1.82) is 0 Å². The van der Waals surface area contributed by atoms with Gasteiger partial charge in [0.15, 0.2) is 12.2 Å². The summed E-state index contributed by atoms with van der Waals surface area (Å²) in [6, 6.07) is 0. The molecule has 0 bridgehead atoms. The van der Waals surface area contributed by atoms with Crippen LogP contribution in [0.3, 0.4) is 0 Å². The Hall–Kier alpha value is -1.94. The number of aliphatic hydroxyl groups excluding tert-OH is 1. The molecular formula is C61H118O17P2. The highest BCUT2D eigenvalue weighted by molar-refractivity contribution is 7.47. The number of ether oxygens (including phenoxy) is 4. The van der Waals surface area contributed by atoms with E-state index in [0.29, 0.717) is 31.6 Å². The molecule has 0 aromatic heterocycles. The van der Waals surface area contributed by atoms with Crippen LogP contribution in [0.1, 0.15) is 304 Å². The third-order valence-electron chi connectivity index (χ3n) is 14.0. The minimum absolute atomic E-state index is 0.105. The van der Waals surface area contributed by atoms with Gasteiger partial charge in [0.05, 0.1) is 26.4 Å². The number of phosphoric acid groups is 2. The summed E-state index contributed by atoms with van der Waals surface area (Å²) in [4.78, 5) is 71.8. The molecule has 0 aromatic rings. The fourth-order valence-electron chi connectivity index (χ4n) is 9.05. The summed E-state index contributed by atoms with van der Waals surface area (Å²) < 4.78 is 67.6. The lowest BCUT2D eigenvalue weighted by atomic mass is 10.0. The van der Waals surface area contributed by atoms with Gasteiger partial charge < -0.3 is 33.8 Å². The summed E-state index contributed by atoms with van der Waals surface area (Å²) in [5.41, 5.74) is 0. The van der Waals surface area contributed by atoms with Crippen LogP contribution in [0.5, 0.6) is 0 Å². The van der Waals surface area contributed by atoms with E-state index in [-0.39, 0.29) is 25.7 Å². The van der Waals surface area contributed by atoms with E-state index in [2.05, 4.69) is 34.6 Å². The first-order valence-electron chi connectivity index (χ1n) is 32.1. The van der Waals surface area contributed by atoms with Crippen molar-refractivity contribution in [3.63, 3.8) is 0 Å². The molecule has 0 saturated heterocycles. The molecule has 2 unspecified atom stereocenters. The molecule has 5 atom stereocenters. The van der Waals surface area contributed by atoms with Crippen LogP contribution in [-0.4, -0.2) is 96.7 Å². The topological polar surface area (TPSA) is 237 Å². The quantitative estimate of drug-likeness (QED) is 0.0222. The average molecular weight is 1190 g/mol. The number of aliphatic hydroxyl groups is 1. The fraction of sp³-hybridized carbons (Fsp3) is 0.934. The van der Waals surface area contributed by atoms with E-state index in [0.717, 1.165) is 103 Å². The SMILES string of the molecule is CCCCCCCCCCCCCCCCCCC(=O)O[C@H](COC(=O)CCCCCCCCCC(C)C)COP(=O)(O)OC[C@@H](O)COP(=O)(O)OC[C@@H](COC(=O)CCCCCCC)OC(=O)CCCCCCCCCCC. The van der Waals surface area contributed by atoms with E-state index in [4.69, 9.17) is 37.0 Å². The number of esters is 4. The first kappa shape index (κ1) is 78.1. The Morgan fingerprint density at radius 2 is 0.575 bits per heavy atom. The second kappa shape index (κ2) is 55.0. The molecule has 0 rings (SSSR count). The number of phosphoric ester groups is 2. The van der Waals surface area contributed by atoms with Crippen molar-refractivity contribution in [3.8, 4) is 0 Å². The average Bonchev–Trinajstić information content (AvgIpc) is 3.42. The highest BCUT2D eigenvalue weighted by Gasteiger charge is 2.30. The number of carbonyl (C=O) groups is 4. The molecule has 0 saturated carbocycles. The molecule has 0 aliphatic carbocycles. The highest BCUT2D eigenvalue weighted by atomic mass is 31.2. The van der Waals surface area contributed by atoms with Crippen LogP contribution >= 0.6 is 15.6 Å².